The Morgan fingerprint density at radius 3 is 2.88 bits per heavy atom. The quantitative estimate of drug-likeness (QED) is 0.765. The van der Waals surface area contributed by atoms with E-state index in [0.717, 1.165) is 12.2 Å². The number of nitrogens with zero attached hydrogens (tertiary/aromatic N) is 1. The van der Waals surface area contributed by atoms with Crippen LogP contribution in [0.5, 0.6) is 5.75 Å². The Bertz CT molecular complexity index is 329. The predicted octanol–water partition coefficient (Wildman–Crippen LogP) is 2.30. The first-order chi connectivity index (χ1) is 8.13. The van der Waals surface area contributed by atoms with E-state index >= 15 is 0 Å². The Labute approximate surface area is 103 Å². The van der Waals surface area contributed by atoms with Gasteiger partial charge in [-0.25, -0.2) is 4.98 Å². The van der Waals surface area contributed by atoms with Gasteiger partial charge in [-0.15, -0.1) is 0 Å². The second-order valence-corrected chi connectivity index (χ2v) is 4.45. The molecule has 0 aromatic carbocycles. The number of aliphatic hydroxyl groups excluding tert-OH is 1. The molecule has 0 spiro atoms. The highest BCUT2D eigenvalue weighted by molar-refractivity contribution is 5.49. The maximum absolute atomic E-state index is 9.77. The summed E-state index contributed by atoms with van der Waals surface area (Å²) in [6.07, 6.45) is 2.13. The molecule has 0 aliphatic carbocycles. The second-order valence-electron chi connectivity index (χ2n) is 4.45. The summed E-state index contributed by atoms with van der Waals surface area (Å²) in [6, 6.07) is 3.70. The molecule has 0 saturated carbocycles. The summed E-state index contributed by atoms with van der Waals surface area (Å²) in [5.74, 6) is 1.91. The molecule has 1 unspecified atom stereocenters. The Hall–Kier alpha value is -1.29. The number of rotatable bonds is 7. The molecule has 0 aliphatic rings. The molecule has 4 nitrogen and oxygen atoms in total. The van der Waals surface area contributed by atoms with Gasteiger partial charge in [-0.3, -0.25) is 0 Å². The van der Waals surface area contributed by atoms with E-state index in [2.05, 4.69) is 24.1 Å². The average Bonchev–Trinajstić information content (AvgIpc) is 2.27. The van der Waals surface area contributed by atoms with Crippen LogP contribution in [-0.2, 0) is 0 Å². The summed E-state index contributed by atoms with van der Waals surface area (Å²) < 4.78 is 5.44. The third kappa shape index (κ3) is 5.04. The van der Waals surface area contributed by atoms with Crippen molar-refractivity contribution in [2.75, 3.05) is 18.5 Å². The largest absolute Gasteiger partial charge is 0.490 e. The molecular weight excluding hydrogens is 216 g/mol. The van der Waals surface area contributed by atoms with Gasteiger partial charge < -0.3 is 15.2 Å². The molecular formula is C13H22N2O2. The molecule has 1 rings (SSSR count). The lowest BCUT2D eigenvalue weighted by Crippen LogP contribution is -2.22. The number of anilines is 1. The topological polar surface area (TPSA) is 54.4 Å². The van der Waals surface area contributed by atoms with Crippen LogP contribution in [0, 0.1) is 5.92 Å². The third-order valence-corrected chi connectivity index (χ3v) is 2.32. The second kappa shape index (κ2) is 7.12. The van der Waals surface area contributed by atoms with E-state index in [1.165, 1.54) is 0 Å². The van der Waals surface area contributed by atoms with Crippen LogP contribution in [-0.4, -0.2) is 29.3 Å². The normalized spacial score (nSPS) is 12.5. The minimum atomic E-state index is -0.355. The van der Waals surface area contributed by atoms with Crippen LogP contribution < -0.4 is 10.1 Å². The van der Waals surface area contributed by atoms with Crippen molar-refractivity contribution in [3.63, 3.8) is 0 Å². The van der Waals surface area contributed by atoms with Crippen LogP contribution in [0.3, 0.4) is 0 Å². The molecule has 0 radical (unpaired) electrons. The molecule has 0 fully saturated rings. The zero-order chi connectivity index (χ0) is 12.7. The van der Waals surface area contributed by atoms with Crippen LogP contribution in [0.1, 0.15) is 27.2 Å². The number of pyridine rings is 1. The Morgan fingerprint density at radius 2 is 2.24 bits per heavy atom. The first-order valence-corrected chi connectivity index (χ1v) is 6.13. The molecule has 0 saturated heterocycles. The monoisotopic (exact) mass is 238 g/mol. The number of aliphatic hydroxyl groups is 1. The van der Waals surface area contributed by atoms with Crippen molar-refractivity contribution in [2.24, 2.45) is 5.92 Å². The molecule has 2 N–H and O–H groups in total. The third-order valence-electron chi connectivity index (χ3n) is 2.32. The minimum absolute atomic E-state index is 0.355. The molecule has 96 valence electrons. The highest BCUT2D eigenvalue weighted by Crippen LogP contribution is 2.20. The molecule has 0 bridgehead atoms. The highest BCUT2D eigenvalue weighted by atomic mass is 16.5. The van der Waals surface area contributed by atoms with E-state index < -0.39 is 0 Å². The zero-order valence-electron chi connectivity index (χ0n) is 10.8. The van der Waals surface area contributed by atoms with Crippen molar-refractivity contribution in [1.29, 1.82) is 0 Å². The molecule has 0 amide bonds. The van der Waals surface area contributed by atoms with Gasteiger partial charge in [0, 0.05) is 12.7 Å². The van der Waals surface area contributed by atoms with Crippen molar-refractivity contribution >= 4 is 5.82 Å². The number of aromatic nitrogens is 1. The Morgan fingerprint density at radius 1 is 1.47 bits per heavy atom. The van der Waals surface area contributed by atoms with E-state index in [4.69, 9.17) is 4.74 Å². The number of hydrogen-bond acceptors (Lipinski definition) is 4. The Balaban J connectivity index is 2.50. The van der Waals surface area contributed by atoms with Crippen molar-refractivity contribution < 1.29 is 9.84 Å². The highest BCUT2D eigenvalue weighted by Gasteiger charge is 2.09. The fourth-order valence-electron chi connectivity index (χ4n) is 1.64. The molecule has 1 heterocycles. The lowest BCUT2D eigenvalue weighted by atomic mass is 10.1. The van der Waals surface area contributed by atoms with E-state index in [9.17, 15) is 5.11 Å². The number of ether oxygens (including phenoxy) is 1. The van der Waals surface area contributed by atoms with Crippen molar-refractivity contribution in [1.82, 2.24) is 4.98 Å². The molecule has 1 aromatic heterocycles. The van der Waals surface area contributed by atoms with Gasteiger partial charge in [-0.2, -0.15) is 0 Å². The summed E-state index contributed by atoms with van der Waals surface area (Å²) in [6.45, 7) is 7.22. The molecule has 0 aliphatic heterocycles. The van der Waals surface area contributed by atoms with Gasteiger partial charge in [-0.05, 0) is 31.4 Å². The van der Waals surface area contributed by atoms with Gasteiger partial charge >= 0.3 is 0 Å². The van der Waals surface area contributed by atoms with Gasteiger partial charge in [0.2, 0.25) is 0 Å². The first kappa shape index (κ1) is 13.8. The summed E-state index contributed by atoms with van der Waals surface area (Å²) in [4.78, 5) is 4.20. The fourth-order valence-corrected chi connectivity index (χ4v) is 1.64. The lowest BCUT2D eigenvalue weighted by molar-refractivity contribution is 0.161. The SMILES string of the molecule is CCOc1cccnc1NCC(O)CC(C)C. The zero-order valence-corrected chi connectivity index (χ0v) is 10.8. The molecule has 4 heteroatoms. The van der Waals surface area contributed by atoms with E-state index in [1.807, 2.05) is 19.1 Å². The fraction of sp³-hybridized carbons (Fsp3) is 0.615. The van der Waals surface area contributed by atoms with Gasteiger partial charge in [0.1, 0.15) is 0 Å². The maximum atomic E-state index is 9.77. The van der Waals surface area contributed by atoms with Crippen LogP contribution in [0.25, 0.3) is 0 Å². The summed E-state index contributed by atoms with van der Waals surface area (Å²) >= 11 is 0. The average molecular weight is 238 g/mol. The molecule has 17 heavy (non-hydrogen) atoms. The van der Waals surface area contributed by atoms with E-state index in [0.29, 0.717) is 24.9 Å². The standard InChI is InChI=1S/C13H22N2O2/c1-4-17-12-6-5-7-14-13(12)15-9-11(16)8-10(2)3/h5-7,10-11,16H,4,8-9H2,1-3H3,(H,14,15). The molecule has 1 atom stereocenters. The predicted molar refractivity (Wildman–Crippen MR) is 69.4 cm³/mol. The van der Waals surface area contributed by atoms with Crippen LogP contribution in [0.2, 0.25) is 0 Å². The number of nitrogens with one attached hydrogen (secondary N) is 1. The van der Waals surface area contributed by atoms with Gasteiger partial charge in [0.05, 0.1) is 12.7 Å². The van der Waals surface area contributed by atoms with Crippen molar-refractivity contribution in [3.05, 3.63) is 18.3 Å². The maximum Gasteiger partial charge on any atom is 0.168 e. The summed E-state index contributed by atoms with van der Waals surface area (Å²) in [7, 11) is 0. The lowest BCUT2D eigenvalue weighted by Gasteiger charge is -2.15. The van der Waals surface area contributed by atoms with E-state index in [-0.39, 0.29) is 6.10 Å². The Kier molecular flexibility index (Phi) is 5.77. The van der Waals surface area contributed by atoms with Gasteiger partial charge in [0.15, 0.2) is 11.6 Å². The summed E-state index contributed by atoms with van der Waals surface area (Å²) in [5.41, 5.74) is 0. The number of hydrogen-bond donors (Lipinski definition) is 2. The van der Waals surface area contributed by atoms with Crippen LogP contribution >= 0.6 is 0 Å². The summed E-state index contributed by atoms with van der Waals surface area (Å²) in [5, 5.41) is 12.9. The van der Waals surface area contributed by atoms with Gasteiger partial charge in [-0.1, -0.05) is 13.8 Å². The van der Waals surface area contributed by atoms with Gasteiger partial charge in [0.25, 0.3) is 0 Å². The van der Waals surface area contributed by atoms with Crippen LogP contribution in [0.15, 0.2) is 18.3 Å². The van der Waals surface area contributed by atoms with Crippen molar-refractivity contribution in [2.45, 2.75) is 33.3 Å². The minimum Gasteiger partial charge on any atom is -0.490 e. The first-order valence-electron chi connectivity index (χ1n) is 6.13. The van der Waals surface area contributed by atoms with Crippen LogP contribution in [0.4, 0.5) is 5.82 Å². The molecule has 1 aromatic rings. The van der Waals surface area contributed by atoms with E-state index in [1.54, 1.807) is 6.20 Å². The van der Waals surface area contributed by atoms with Crippen molar-refractivity contribution in [3.8, 4) is 5.75 Å². The smallest absolute Gasteiger partial charge is 0.168 e.